The average Bonchev–Trinajstić information content (AvgIpc) is 3.07. The van der Waals surface area contributed by atoms with Gasteiger partial charge in [-0.25, -0.2) is 9.97 Å². The van der Waals surface area contributed by atoms with Gasteiger partial charge in [0.15, 0.2) is 0 Å². The maximum Gasteiger partial charge on any atom is 0.113 e. The largest absolute Gasteiger partial charge is 0.246 e. The van der Waals surface area contributed by atoms with Gasteiger partial charge in [-0.2, -0.15) is 0 Å². The molecule has 0 spiro atoms. The second kappa shape index (κ2) is 32.6. The smallest absolute Gasteiger partial charge is 0.113 e. The number of rotatable bonds is 0. The Morgan fingerprint density at radius 2 is 0.560 bits per heavy atom. The highest BCUT2D eigenvalue weighted by Gasteiger charge is 1.89. The van der Waals surface area contributed by atoms with E-state index in [0.717, 1.165) is 39.2 Å². The molecule has 0 aliphatic heterocycles. The molecule has 0 amide bonds. The zero-order chi connectivity index (χ0) is 33.8. The van der Waals surface area contributed by atoms with Gasteiger partial charge < -0.3 is 0 Å². The summed E-state index contributed by atoms with van der Waals surface area (Å²) in [6.45, 7) is 14.8. The minimum Gasteiger partial charge on any atom is -0.246 e. The van der Waals surface area contributed by atoms with Crippen LogP contribution in [0.2, 0.25) is 0 Å². The lowest BCUT2D eigenvalue weighted by Gasteiger charge is -1.90. The van der Waals surface area contributed by atoms with Crippen molar-refractivity contribution in [3.05, 3.63) is 130 Å². The maximum absolute atomic E-state index is 4.11. The van der Waals surface area contributed by atoms with E-state index in [0.29, 0.717) is 0 Å². The van der Waals surface area contributed by atoms with Crippen LogP contribution < -0.4 is 0 Å². The number of hydrogen-bond acceptors (Lipinski definition) is 2. The molecule has 50 heavy (non-hydrogen) atoms. The van der Waals surface area contributed by atoms with Crippen LogP contribution in [0.1, 0.15) is 123 Å². The highest BCUT2D eigenvalue weighted by Crippen LogP contribution is 2.02. The molecule has 0 aliphatic carbocycles. The first-order valence-corrected chi connectivity index (χ1v) is 14.5. The van der Waals surface area contributed by atoms with Crippen molar-refractivity contribution in [1.29, 1.82) is 0 Å². The Balaban J connectivity index is -0.000000275. The van der Waals surface area contributed by atoms with Crippen molar-refractivity contribution in [2.75, 3.05) is 0 Å². The summed E-state index contributed by atoms with van der Waals surface area (Å²) in [6.07, 6.45) is 3.46. The van der Waals surface area contributed by atoms with Gasteiger partial charge in [-0.05, 0) is 128 Å². The van der Waals surface area contributed by atoms with Crippen LogP contribution in [0.15, 0.2) is 85.2 Å². The Morgan fingerprint density at radius 1 is 0.320 bits per heavy atom. The third kappa shape index (κ3) is 23.1. The van der Waals surface area contributed by atoms with Gasteiger partial charge in [0.25, 0.3) is 0 Å². The molecule has 2 nitrogen and oxygen atoms in total. The summed E-state index contributed by atoms with van der Waals surface area (Å²) >= 11 is 0. The number of pyridine rings is 2. The molecule has 0 saturated carbocycles. The molecule has 0 fully saturated rings. The molecule has 0 atom stereocenters. The molecule has 0 N–H and O–H groups in total. The average molecular weight is 659 g/mol. The second-order valence-electron chi connectivity index (χ2n) is 8.93. The van der Waals surface area contributed by atoms with Crippen LogP contribution in [0.4, 0.5) is 0 Å². The van der Waals surface area contributed by atoms with Crippen LogP contribution in [-0.2, 0) is 0 Å². The minimum absolute atomic E-state index is 0. The van der Waals surface area contributed by atoms with E-state index < -0.39 is 0 Å². The minimum atomic E-state index is 0. The molecule has 0 saturated heterocycles. The topological polar surface area (TPSA) is 25.8 Å². The van der Waals surface area contributed by atoms with Gasteiger partial charge in [0.1, 0.15) is 11.4 Å². The number of aryl methyl sites for hydroxylation is 1. The lowest BCUT2D eigenvalue weighted by molar-refractivity contribution is 1.27. The molecule has 4 rings (SSSR count). The quantitative estimate of drug-likeness (QED) is 0.176. The zero-order valence-electron chi connectivity index (χ0n) is 28.0. The Morgan fingerprint density at radius 3 is 0.800 bits per heavy atom. The Hall–Kier alpha value is -6.34. The molecule has 256 valence electrons. The maximum atomic E-state index is 4.11. The highest BCUT2D eigenvalue weighted by molar-refractivity contribution is 5.42. The molecular formula is C48H54N2. The molecule has 2 aromatic heterocycles. The molecule has 0 bridgehead atoms. The summed E-state index contributed by atoms with van der Waals surface area (Å²) in [7, 11) is 0. The summed E-state index contributed by atoms with van der Waals surface area (Å²) < 4.78 is 0. The van der Waals surface area contributed by atoms with Crippen molar-refractivity contribution in [2.45, 2.75) is 85.1 Å². The molecule has 2 aromatic carbocycles. The van der Waals surface area contributed by atoms with E-state index in [1.165, 1.54) is 5.56 Å². The third-order valence-electron chi connectivity index (χ3n) is 5.32. The third-order valence-corrected chi connectivity index (χ3v) is 5.32. The van der Waals surface area contributed by atoms with E-state index >= 15 is 0 Å². The standard InChI is InChI=1S/C12H10.2C11H9N.C10H10.4CH4/c1-3-5-11-7-9-12(6-4-2)10-8-11;2*1-3-5-10-7-8-11(6-4-2)12-9-10;1-3-4-10-7-5-9(2)6-8-10;;;;/h7-10H,1-2H3;2*7-9H,1-2H3;5-8H,1-2H3;4*1H4. The van der Waals surface area contributed by atoms with Crippen LogP contribution >= 0.6 is 0 Å². The van der Waals surface area contributed by atoms with Crippen molar-refractivity contribution in [2.24, 2.45) is 0 Å². The van der Waals surface area contributed by atoms with Crippen LogP contribution in [-0.4, -0.2) is 9.97 Å². The van der Waals surface area contributed by atoms with Crippen molar-refractivity contribution >= 4 is 0 Å². The van der Waals surface area contributed by atoms with E-state index in [2.05, 4.69) is 112 Å². The Labute approximate surface area is 307 Å². The highest BCUT2D eigenvalue weighted by atomic mass is 14.7. The van der Waals surface area contributed by atoms with Crippen molar-refractivity contribution < 1.29 is 0 Å². The molecule has 2 heterocycles. The molecular weight excluding hydrogens is 605 g/mol. The van der Waals surface area contributed by atoms with E-state index in [9.17, 15) is 0 Å². The first-order valence-electron chi connectivity index (χ1n) is 14.5. The summed E-state index contributed by atoms with van der Waals surface area (Å²) in [5.41, 5.74) is 7.89. The Bertz CT molecular complexity index is 1640. The number of aromatic nitrogens is 2. The van der Waals surface area contributed by atoms with E-state index in [1.54, 1.807) is 40.1 Å². The van der Waals surface area contributed by atoms with Gasteiger partial charge >= 0.3 is 0 Å². The van der Waals surface area contributed by atoms with Gasteiger partial charge in [0.05, 0.1) is 0 Å². The van der Waals surface area contributed by atoms with Crippen LogP contribution in [0, 0.1) is 89.8 Å². The molecule has 0 unspecified atom stereocenters. The monoisotopic (exact) mass is 658 g/mol. The SMILES string of the molecule is C.C.C.C.CC#Cc1ccc(C#CC)cc1.CC#Cc1ccc(C#CC)nc1.CC#Cc1ccc(C#CC)nc1.CC#Cc1ccc(C)cc1. The number of hydrogen-bond donors (Lipinski definition) is 0. The van der Waals surface area contributed by atoms with Crippen molar-refractivity contribution in [3.63, 3.8) is 0 Å². The summed E-state index contributed by atoms with van der Waals surface area (Å²) in [5, 5.41) is 0. The summed E-state index contributed by atoms with van der Waals surface area (Å²) in [6, 6.07) is 23.7. The predicted molar refractivity (Wildman–Crippen MR) is 221 cm³/mol. The van der Waals surface area contributed by atoms with E-state index in [1.807, 2.05) is 81.4 Å². The number of benzene rings is 2. The lowest BCUT2D eigenvalue weighted by atomic mass is 10.1. The predicted octanol–water partition coefficient (Wildman–Crippen LogP) is 11.0. The first-order chi connectivity index (χ1) is 22.4. The molecule has 0 radical (unpaired) electrons. The summed E-state index contributed by atoms with van der Waals surface area (Å²) in [4.78, 5) is 8.22. The zero-order valence-corrected chi connectivity index (χ0v) is 28.0. The lowest BCUT2D eigenvalue weighted by Crippen LogP contribution is -1.82. The fourth-order valence-corrected chi connectivity index (χ4v) is 3.34. The van der Waals surface area contributed by atoms with Gasteiger partial charge in [-0.1, -0.05) is 88.8 Å². The van der Waals surface area contributed by atoms with E-state index in [4.69, 9.17) is 0 Å². The number of nitrogens with zero attached hydrogens (tertiary/aromatic N) is 2. The normalized spacial score (nSPS) is 7.04. The van der Waals surface area contributed by atoms with Gasteiger partial charge in [-0.3, -0.25) is 0 Å². The summed E-state index contributed by atoms with van der Waals surface area (Å²) in [5.74, 6) is 40.3. The van der Waals surface area contributed by atoms with Gasteiger partial charge in [0.2, 0.25) is 0 Å². The second-order valence-corrected chi connectivity index (χ2v) is 8.93. The van der Waals surface area contributed by atoms with Crippen molar-refractivity contribution in [1.82, 2.24) is 9.97 Å². The van der Waals surface area contributed by atoms with Crippen LogP contribution in [0.5, 0.6) is 0 Å². The first kappa shape index (κ1) is 50.5. The van der Waals surface area contributed by atoms with E-state index in [-0.39, 0.29) is 29.7 Å². The van der Waals surface area contributed by atoms with Gasteiger partial charge in [-0.15, -0.1) is 29.6 Å². The van der Waals surface area contributed by atoms with Crippen LogP contribution in [0.3, 0.4) is 0 Å². The Kier molecular flexibility index (Phi) is 32.9. The van der Waals surface area contributed by atoms with Crippen LogP contribution in [0.25, 0.3) is 0 Å². The molecule has 4 aromatic rings. The van der Waals surface area contributed by atoms with Crippen molar-refractivity contribution in [3.8, 4) is 82.9 Å². The fraction of sp³-hybridized carbons (Fsp3) is 0.250. The molecule has 2 heteroatoms. The molecule has 0 aliphatic rings. The fourth-order valence-electron chi connectivity index (χ4n) is 3.34. The van der Waals surface area contributed by atoms with Gasteiger partial charge in [0, 0.05) is 40.2 Å².